The fraction of sp³-hybridized carbons (Fsp3) is 0.267. The van der Waals surface area contributed by atoms with Crippen LogP contribution in [0.25, 0.3) is 10.7 Å². The van der Waals surface area contributed by atoms with Gasteiger partial charge in [0, 0.05) is 11.4 Å². The van der Waals surface area contributed by atoms with Gasteiger partial charge in [-0.1, -0.05) is 17.7 Å². The maximum atomic E-state index is 12.7. The van der Waals surface area contributed by atoms with E-state index in [1.54, 1.807) is 20.8 Å². The van der Waals surface area contributed by atoms with E-state index in [2.05, 4.69) is 10.2 Å². The second kappa shape index (κ2) is 7.60. The average Bonchev–Trinajstić information content (AvgIpc) is 3.28. The summed E-state index contributed by atoms with van der Waals surface area (Å²) in [6.07, 6.45) is 0. The normalized spacial score (nSPS) is 10.9. The molecule has 0 atom stereocenters. The third kappa shape index (κ3) is 3.77. The molecular formula is C15H15ClN4OS3. The van der Waals surface area contributed by atoms with Gasteiger partial charge in [-0.25, -0.2) is 0 Å². The van der Waals surface area contributed by atoms with Crippen molar-refractivity contribution in [3.8, 4) is 10.7 Å². The van der Waals surface area contributed by atoms with Crippen molar-refractivity contribution >= 4 is 52.4 Å². The van der Waals surface area contributed by atoms with E-state index >= 15 is 0 Å². The van der Waals surface area contributed by atoms with Crippen LogP contribution < -0.4 is 0 Å². The van der Waals surface area contributed by atoms with E-state index in [4.69, 9.17) is 23.8 Å². The summed E-state index contributed by atoms with van der Waals surface area (Å²) in [5.41, 5.74) is 0. The summed E-state index contributed by atoms with van der Waals surface area (Å²) < 4.78 is 2.92. The van der Waals surface area contributed by atoms with E-state index in [0.717, 1.165) is 14.1 Å². The van der Waals surface area contributed by atoms with Crippen molar-refractivity contribution in [2.24, 2.45) is 0 Å². The van der Waals surface area contributed by atoms with Gasteiger partial charge in [-0.15, -0.1) is 22.7 Å². The standard InChI is InChI=1S/C15H15ClN4OS3/c1-2-19(8-10-5-6-12(16)24-10)13(21)9-20-14(17-18-15(20)22)11-4-3-7-23-11/h3-7H,2,8-9H2,1H3,(H,18,22). The third-order valence-corrected chi connectivity index (χ3v) is 5.90. The molecule has 24 heavy (non-hydrogen) atoms. The number of H-pyrrole nitrogens is 1. The summed E-state index contributed by atoms with van der Waals surface area (Å²) in [4.78, 5) is 16.5. The molecule has 0 saturated carbocycles. The number of thiophene rings is 2. The quantitative estimate of drug-likeness (QED) is 0.625. The molecule has 0 spiro atoms. The average molecular weight is 399 g/mol. The highest BCUT2D eigenvalue weighted by Crippen LogP contribution is 2.24. The first-order valence-electron chi connectivity index (χ1n) is 7.29. The maximum Gasteiger partial charge on any atom is 0.242 e. The fourth-order valence-electron chi connectivity index (χ4n) is 2.29. The van der Waals surface area contributed by atoms with E-state index in [0.29, 0.717) is 23.7 Å². The highest BCUT2D eigenvalue weighted by atomic mass is 35.5. The number of likely N-dealkylation sites (N-methyl/N-ethyl adjacent to an activating group) is 1. The highest BCUT2D eigenvalue weighted by molar-refractivity contribution is 7.71. The van der Waals surface area contributed by atoms with Crippen LogP contribution in [0.1, 0.15) is 11.8 Å². The Kier molecular flexibility index (Phi) is 5.50. The smallest absolute Gasteiger partial charge is 0.242 e. The van der Waals surface area contributed by atoms with Crippen LogP contribution >= 0.6 is 46.5 Å². The minimum atomic E-state index is -0.00247. The molecule has 3 aromatic heterocycles. The molecule has 5 nitrogen and oxygen atoms in total. The summed E-state index contributed by atoms with van der Waals surface area (Å²) in [6, 6.07) is 7.70. The lowest BCUT2D eigenvalue weighted by Crippen LogP contribution is -2.33. The van der Waals surface area contributed by atoms with E-state index in [9.17, 15) is 4.79 Å². The summed E-state index contributed by atoms with van der Waals surface area (Å²) >= 11 is 14.3. The lowest BCUT2D eigenvalue weighted by molar-refractivity contribution is -0.132. The van der Waals surface area contributed by atoms with Crippen LogP contribution in [-0.4, -0.2) is 32.1 Å². The SMILES string of the molecule is CCN(Cc1ccc(Cl)s1)C(=O)Cn1c(-c2cccs2)n[nH]c1=S. The lowest BCUT2D eigenvalue weighted by atomic mass is 10.3. The van der Waals surface area contributed by atoms with E-state index in [-0.39, 0.29) is 12.5 Å². The Bertz CT molecular complexity index is 881. The number of nitrogens with one attached hydrogen (secondary N) is 1. The largest absolute Gasteiger partial charge is 0.336 e. The molecule has 0 unspecified atom stereocenters. The second-order valence-electron chi connectivity index (χ2n) is 5.03. The van der Waals surface area contributed by atoms with Gasteiger partial charge in [-0.3, -0.25) is 14.5 Å². The Morgan fingerprint density at radius 1 is 1.46 bits per heavy atom. The molecule has 0 radical (unpaired) electrons. The van der Waals surface area contributed by atoms with Crippen molar-refractivity contribution in [3.05, 3.63) is 43.6 Å². The zero-order valence-electron chi connectivity index (χ0n) is 12.9. The lowest BCUT2D eigenvalue weighted by Gasteiger charge is -2.20. The predicted octanol–water partition coefficient (Wildman–Crippen LogP) is 4.43. The molecular weight excluding hydrogens is 384 g/mol. The molecule has 9 heteroatoms. The highest BCUT2D eigenvalue weighted by Gasteiger charge is 2.18. The van der Waals surface area contributed by atoms with Crippen LogP contribution in [0.2, 0.25) is 4.34 Å². The molecule has 0 saturated heterocycles. The molecule has 0 bridgehead atoms. The van der Waals surface area contributed by atoms with Gasteiger partial charge in [-0.2, -0.15) is 5.10 Å². The first-order chi connectivity index (χ1) is 11.6. The number of hydrogen-bond donors (Lipinski definition) is 1. The minimum absolute atomic E-state index is 0.00247. The number of aromatic nitrogens is 3. The Morgan fingerprint density at radius 3 is 2.92 bits per heavy atom. The maximum absolute atomic E-state index is 12.7. The second-order valence-corrected chi connectivity index (χ2v) is 8.16. The van der Waals surface area contributed by atoms with E-state index < -0.39 is 0 Å². The molecule has 0 aliphatic rings. The number of hydrogen-bond acceptors (Lipinski definition) is 5. The zero-order chi connectivity index (χ0) is 17.1. The summed E-state index contributed by atoms with van der Waals surface area (Å²) in [5.74, 6) is 0.691. The number of nitrogens with zero attached hydrogens (tertiary/aromatic N) is 3. The Morgan fingerprint density at radius 2 is 2.29 bits per heavy atom. The van der Waals surface area contributed by atoms with Crippen molar-refractivity contribution < 1.29 is 4.79 Å². The first kappa shape index (κ1) is 17.3. The van der Waals surface area contributed by atoms with Crippen molar-refractivity contribution in [3.63, 3.8) is 0 Å². The fourth-order valence-corrected chi connectivity index (χ4v) is 4.32. The Balaban J connectivity index is 1.79. The topological polar surface area (TPSA) is 53.9 Å². The summed E-state index contributed by atoms with van der Waals surface area (Å²) in [7, 11) is 0. The molecule has 3 rings (SSSR count). The van der Waals surface area contributed by atoms with Crippen molar-refractivity contribution in [1.82, 2.24) is 19.7 Å². The van der Waals surface area contributed by atoms with Crippen LogP contribution in [0.15, 0.2) is 29.6 Å². The van der Waals surface area contributed by atoms with Gasteiger partial charge in [0.25, 0.3) is 0 Å². The number of carbonyl (C=O) groups is 1. The molecule has 0 aromatic carbocycles. The molecule has 3 heterocycles. The van der Waals surface area contributed by atoms with Gasteiger partial charge < -0.3 is 4.90 Å². The molecule has 1 amide bonds. The summed E-state index contributed by atoms with van der Waals surface area (Å²) in [5, 5.41) is 9.00. The monoisotopic (exact) mass is 398 g/mol. The van der Waals surface area contributed by atoms with Crippen LogP contribution in [0.3, 0.4) is 0 Å². The van der Waals surface area contributed by atoms with Gasteiger partial charge >= 0.3 is 0 Å². The molecule has 126 valence electrons. The number of halogens is 1. The predicted molar refractivity (Wildman–Crippen MR) is 101 cm³/mol. The summed E-state index contributed by atoms with van der Waals surface area (Å²) in [6.45, 7) is 3.29. The van der Waals surface area contributed by atoms with Gasteiger partial charge in [0.15, 0.2) is 10.6 Å². The number of aromatic amines is 1. The number of amides is 1. The van der Waals surface area contributed by atoms with Gasteiger partial charge in [0.1, 0.15) is 6.54 Å². The molecule has 0 fully saturated rings. The van der Waals surface area contributed by atoms with Crippen molar-refractivity contribution in [2.45, 2.75) is 20.0 Å². The van der Waals surface area contributed by atoms with Crippen molar-refractivity contribution in [1.29, 1.82) is 0 Å². The third-order valence-electron chi connectivity index (χ3n) is 3.50. The van der Waals surface area contributed by atoms with Crippen LogP contribution in [0.5, 0.6) is 0 Å². The van der Waals surface area contributed by atoms with Crippen LogP contribution in [0, 0.1) is 4.77 Å². The zero-order valence-corrected chi connectivity index (χ0v) is 16.1. The van der Waals surface area contributed by atoms with Crippen LogP contribution in [-0.2, 0) is 17.9 Å². The first-order valence-corrected chi connectivity index (χ1v) is 9.77. The van der Waals surface area contributed by atoms with Gasteiger partial charge in [0.2, 0.25) is 5.91 Å². The van der Waals surface area contributed by atoms with E-state index in [1.165, 1.54) is 11.3 Å². The van der Waals surface area contributed by atoms with Gasteiger partial charge in [-0.05, 0) is 42.7 Å². The minimum Gasteiger partial charge on any atom is -0.336 e. The number of rotatable bonds is 6. The van der Waals surface area contributed by atoms with Crippen molar-refractivity contribution in [2.75, 3.05) is 6.54 Å². The number of carbonyl (C=O) groups excluding carboxylic acids is 1. The Labute approximate surface area is 157 Å². The van der Waals surface area contributed by atoms with Crippen LogP contribution in [0.4, 0.5) is 0 Å². The Hall–Kier alpha value is -1.48. The molecule has 3 aromatic rings. The van der Waals surface area contributed by atoms with Gasteiger partial charge in [0.05, 0.1) is 15.8 Å². The molecule has 0 aliphatic carbocycles. The molecule has 0 aliphatic heterocycles. The van der Waals surface area contributed by atoms with E-state index in [1.807, 2.05) is 36.6 Å². The molecule has 1 N–H and O–H groups in total.